The highest BCUT2D eigenvalue weighted by molar-refractivity contribution is 5.93. The summed E-state index contributed by atoms with van der Waals surface area (Å²) in [7, 11) is 3.12. The summed E-state index contributed by atoms with van der Waals surface area (Å²) in [6.45, 7) is 6.93. The van der Waals surface area contributed by atoms with Crippen molar-refractivity contribution in [2.45, 2.75) is 52.5 Å². The zero-order valence-corrected chi connectivity index (χ0v) is 19.1. The van der Waals surface area contributed by atoms with Gasteiger partial charge in [-0.25, -0.2) is 4.79 Å². The smallest absolute Gasteiger partial charge is 0.404 e. The molecule has 0 spiro atoms. The first kappa shape index (κ1) is 26.1. The number of rotatable bonds is 9. The number of aliphatic imine (C=N–C) groups is 1. The molecular weight excluding hydrogens is 400 g/mol. The third-order valence-electron chi connectivity index (χ3n) is 4.51. The number of hydrogen-bond donors (Lipinski definition) is 4. The van der Waals surface area contributed by atoms with Gasteiger partial charge in [-0.15, -0.1) is 0 Å². The van der Waals surface area contributed by atoms with E-state index in [4.69, 9.17) is 20.3 Å². The third-order valence-corrected chi connectivity index (χ3v) is 4.51. The Kier molecular flexibility index (Phi) is 11.2. The molecule has 2 amide bonds. The lowest BCUT2D eigenvalue weighted by atomic mass is 10.1. The molecule has 0 unspecified atom stereocenters. The predicted octanol–water partition coefficient (Wildman–Crippen LogP) is 2.78. The minimum atomic E-state index is -0.906. The number of carboxylic acid groups (broad SMARTS) is 1. The largest absolute Gasteiger partial charge is 0.493 e. The molecule has 1 atom stereocenters. The van der Waals surface area contributed by atoms with E-state index < -0.39 is 6.09 Å². The molecule has 9 heteroatoms. The second kappa shape index (κ2) is 13.4. The van der Waals surface area contributed by atoms with Gasteiger partial charge in [0.2, 0.25) is 0 Å². The number of guanidine groups is 1. The van der Waals surface area contributed by atoms with Gasteiger partial charge >= 0.3 is 6.09 Å². The number of nitrogens with one attached hydrogen (secondary N) is 2. The summed E-state index contributed by atoms with van der Waals surface area (Å²) in [5, 5.41) is 13.4. The summed E-state index contributed by atoms with van der Waals surface area (Å²) >= 11 is 0. The van der Waals surface area contributed by atoms with Crippen LogP contribution in [0.1, 0.15) is 45.6 Å². The van der Waals surface area contributed by atoms with Crippen molar-refractivity contribution in [2.75, 3.05) is 20.8 Å². The SMILES string of the molecule is COc1ccc(CC(=O)N=C(N)N[C@H](C)CC(C)C)cc1OC.O=C(O)NCC1CC1. The van der Waals surface area contributed by atoms with Crippen LogP contribution in [0.2, 0.25) is 0 Å². The highest BCUT2D eigenvalue weighted by Gasteiger charge is 2.21. The molecule has 31 heavy (non-hydrogen) atoms. The minimum Gasteiger partial charge on any atom is -0.493 e. The normalized spacial score (nSPS) is 14.2. The average molecular weight is 437 g/mol. The van der Waals surface area contributed by atoms with Crippen molar-refractivity contribution in [1.82, 2.24) is 10.6 Å². The van der Waals surface area contributed by atoms with Gasteiger partial charge in [-0.1, -0.05) is 19.9 Å². The molecule has 0 aromatic heterocycles. The molecule has 1 aliphatic rings. The third kappa shape index (κ3) is 11.7. The molecule has 0 aliphatic heterocycles. The van der Waals surface area contributed by atoms with E-state index in [0.717, 1.165) is 12.0 Å². The first-order valence-electron chi connectivity index (χ1n) is 10.5. The molecule has 1 aromatic carbocycles. The Hall–Kier alpha value is -2.97. The summed E-state index contributed by atoms with van der Waals surface area (Å²) in [5.74, 6) is 2.25. The number of carbonyl (C=O) groups excluding carboxylic acids is 1. The van der Waals surface area contributed by atoms with Crippen LogP contribution in [-0.4, -0.2) is 49.9 Å². The fraction of sp³-hybridized carbons (Fsp3) is 0.591. The van der Waals surface area contributed by atoms with Crippen molar-refractivity contribution in [1.29, 1.82) is 0 Å². The summed E-state index contributed by atoms with van der Waals surface area (Å²) < 4.78 is 10.4. The molecule has 9 nitrogen and oxygen atoms in total. The van der Waals surface area contributed by atoms with E-state index in [1.54, 1.807) is 32.4 Å². The van der Waals surface area contributed by atoms with Gasteiger partial charge in [-0.2, -0.15) is 4.99 Å². The van der Waals surface area contributed by atoms with Crippen LogP contribution in [0.25, 0.3) is 0 Å². The van der Waals surface area contributed by atoms with Crippen LogP contribution in [0, 0.1) is 11.8 Å². The molecule has 1 fully saturated rings. The quantitative estimate of drug-likeness (QED) is 0.345. The van der Waals surface area contributed by atoms with E-state index in [1.807, 2.05) is 6.92 Å². The van der Waals surface area contributed by atoms with Gasteiger partial charge in [0.05, 0.1) is 20.6 Å². The molecule has 0 radical (unpaired) electrons. The highest BCUT2D eigenvalue weighted by atomic mass is 16.5. The van der Waals surface area contributed by atoms with E-state index in [-0.39, 0.29) is 24.3 Å². The monoisotopic (exact) mass is 436 g/mol. The van der Waals surface area contributed by atoms with Gasteiger partial charge in [-0.05, 0) is 55.7 Å². The van der Waals surface area contributed by atoms with Crippen LogP contribution in [0.3, 0.4) is 0 Å². The van der Waals surface area contributed by atoms with Crippen LogP contribution in [0.15, 0.2) is 23.2 Å². The second-order valence-corrected chi connectivity index (χ2v) is 8.06. The number of nitrogens with zero attached hydrogens (tertiary/aromatic N) is 1. The number of amides is 2. The van der Waals surface area contributed by atoms with Crippen molar-refractivity contribution in [3.05, 3.63) is 23.8 Å². The number of methoxy groups -OCH3 is 2. The summed E-state index contributed by atoms with van der Waals surface area (Å²) in [5.41, 5.74) is 6.57. The zero-order chi connectivity index (χ0) is 23.4. The van der Waals surface area contributed by atoms with E-state index in [1.165, 1.54) is 12.8 Å². The molecule has 1 aliphatic carbocycles. The van der Waals surface area contributed by atoms with Gasteiger partial charge in [0.15, 0.2) is 17.5 Å². The molecule has 1 aromatic rings. The molecule has 0 bridgehead atoms. The number of nitrogens with two attached hydrogens (primary N) is 1. The van der Waals surface area contributed by atoms with Crippen LogP contribution >= 0.6 is 0 Å². The summed E-state index contributed by atoms with van der Waals surface area (Å²) in [6.07, 6.45) is 2.60. The highest BCUT2D eigenvalue weighted by Crippen LogP contribution is 2.28. The minimum absolute atomic E-state index is 0.154. The maximum Gasteiger partial charge on any atom is 0.404 e. The summed E-state index contributed by atoms with van der Waals surface area (Å²) in [4.78, 5) is 25.7. The standard InChI is InChI=1S/C17H27N3O3.C5H9NO2/c1-11(2)8-12(3)19-17(18)20-16(21)10-13-6-7-14(22-4)15(9-13)23-5;7-5(8)6-3-4-1-2-4/h6-7,9,11-12H,8,10H2,1-5H3,(H3,18,19,20,21);4,6H,1-3H2,(H,7,8)/t12-;/m1./s1. The number of hydrogen-bond acceptors (Lipinski definition) is 4. The number of benzene rings is 1. The number of ether oxygens (including phenoxy) is 2. The van der Waals surface area contributed by atoms with Crippen molar-refractivity contribution in [3.8, 4) is 11.5 Å². The van der Waals surface area contributed by atoms with Gasteiger partial charge in [0.25, 0.3) is 5.91 Å². The first-order chi connectivity index (χ1) is 14.6. The Bertz CT molecular complexity index is 747. The fourth-order valence-corrected chi connectivity index (χ4v) is 2.94. The van der Waals surface area contributed by atoms with Crippen LogP contribution < -0.4 is 25.8 Å². The molecule has 174 valence electrons. The van der Waals surface area contributed by atoms with Crippen LogP contribution in [0.4, 0.5) is 4.79 Å². The first-order valence-corrected chi connectivity index (χ1v) is 10.5. The Morgan fingerprint density at radius 3 is 2.35 bits per heavy atom. The van der Waals surface area contributed by atoms with Gasteiger partial charge in [0.1, 0.15) is 0 Å². The lowest BCUT2D eigenvalue weighted by Crippen LogP contribution is -2.39. The maximum atomic E-state index is 12.0. The Morgan fingerprint density at radius 1 is 1.19 bits per heavy atom. The van der Waals surface area contributed by atoms with Gasteiger partial charge < -0.3 is 30.9 Å². The van der Waals surface area contributed by atoms with Crippen LogP contribution in [0.5, 0.6) is 11.5 Å². The zero-order valence-electron chi connectivity index (χ0n) is 19.1. The molecule has 1 saturated carbocycles. The van der Waals surface area contributed by atoms with E-state index in [9.17, 15) is 9.59 Å². The van der Waals surface area contributed by atoms with Gasteiger partial charge in [0, 0.05) is 12.6 Å². The van der Waals surface area contributed by atoms with Crippen molar-refractivity contribution < 1.29 is 24.2 Å². The van der Waals surface area contributed by atoms with Crippen molar-refractivity contribution >= 4 is 18.0 Å². The topological polar surface area (TPSA) is 135 Å². The maximum absolute atomic E-state index is 12.0. The Labute approximate surface area is 184 Å². The molecular formula is C22H36N4O5. The Balaban J connectivity index is 0.000000500. The lowest BCUT2D eigenvalue weighted by Gasteiger charge is -2.16. The van der Waals surface area contributed by atoms with Crippen molar-refractivity contribution in [3.63, 3.8) is 0 Å². The van der Waals surface area contributed by atoms with Gasteiger partial charge in [-0.3, -0.25) is 4.79 Å². The van der Waals surface area contributed by atoms with Crippen molar-refractivity contribution in [2.24, 2.45) is 22.6 Å². The lowest BCUT2D eigenvalue weighted by molar-refractivity contribution is -0.117. The average Bonchev–Trinajstić information content (AvgIpc) is 3.50. The van der Waals surface area contributed by atoms with E-state index >= 15 is 0 Å². The fourth-order valence-electron chi connectivity index (χ4n) is 2.94. The molecule has 5 N–H and O–H groups in total. The Morgan fingerprint density at radius 2 is 1.84 bits per heavy atom. The van der Waals surface area contributed by atoms with Crippen LogP contribution in [-0.2, 0) is 11.2 Å². The molecule has 0 saturated heterocycles. The number of carbonyl (C=O) groups is 2. The predicted molar refractivity (Wildman–Crippen MR) is 121 cm³/mol. The summed E-state index contributed by atoms with van der Waals surface area (Å²) in [6, 6.07) is 5.50. The molecule has 0 heterocycles. The second-order valence-electron chi connectivity index (χ2n) is 8.06. The van der Waals surface area contributed by atoms with E-state index in [0.29, 0.717) is 29.9 Å². The van der Waals surface area contributed by atoms with E-state index in [2.05, 4.69) is 29.5 Å². The molecule has 2 rings (SSSR count).